The minimum absolute atomic E-state index is 0.205. The lowest BCUT2D eigenvalue weighted by Crippen LogP contribution is -2.24. The largest absolute Gasteiger partial charge is 0.497 e. The zero-order chi connectivity index (χ0) is 15.2. The van der Waals surface area contributed by atoms with E-state index in [0.29, 0.717) is 11.3 Å². The van der Waals surface area contributed by atoms with Crippen molar-refractivity contribution in [1.29, 1.82) is 0 Å². The summed E-state index contributed by atoms with van der Waals surface area (Å²) in [6.07, 6.45) is 4.56. The maximum Gasteiger partial charge on any atom is 0.132 e. The second-order valence-corrected chi connectivity index (χ2v) is 5.07. The molecule has 0 aliphatic carbocycles. The van der Waals surface area contributed by atoms with Crippen molar-refractivity contribution >= 4 is 0 Å². The first-order valence-electron chi connectivity index (χ1n) is 7.14. The normalized spacial score (nSPS) is 12.2. The van der Waals surface area contributed by atoms with Crippen LogP contribution in [-0.2, 0) is 0 Å². The molecular formula is C17H21FN2O. The van der Waals surface area contributed by atoms with Gasteiger partial charge in [0.2, 0.25) is 0 Å². The molecule has 2 rings (SSSR count). The number of aromatic nitrogens is 1. The standard InChI is InChI=1S/C17H21FN2O/c1-4-7-20-17(13-8-12(2)10-19-11-13)15-6-5-14(21-3)9-16(15)18/h5-6,8-11,17,20H,4,7H2,1-3H3. The second kappa shape index (κ2) is 7.18. The van der Waals surface area contributed by atoms with Crippen LogP contribution in [-0.4, -0.2) is 18.6 Å². The van der Waals surface area contributed by atoms with E-state index in [1.165, 1.54) is 13.2 Å². The highest BCUT2D eigenvalue weighted by atomic mass is 19.1. The summed E-state index contributed by atoms with van der Waals surface area (Å²) in [4.78, 5) is 4.21. The van der Waals surface area contributed by atoms with Gasteiger partial charge in [-0.2, -0.15) is 0 Å². The molecule has 0 fully saturated rings. The summed E-state index contributed by atoms with van der Waals surface area (Å²) >= 11 is 0. The van der Waals surface area contributed by atoms with Crippen LogP contribution in [0.5, 0.6) is 5.75 Å². The third kappa shape index (κ3) is 3.79. The van der Waals surface area contributed by atoms with Crippen molar-refractivity contribution in [2.24, 2.45) is 0 Å². The van der Waals surface area contributed by atoms with Crippen LogP contribution < -0.4 is 10.1 Å². The first-order chi connectivity index (χ1) is 10.2. The van der Waals surface area contributed by atoms with E-state index in [9.17, 15) is 4.39 Å². The minimum Gasteiger partial charge on any atom is -0.497 e. The van der Waals surface area contributed by atoms with Crippen LogP contribution in [0.25, 0.3) is 0 Å². The Morgan fingerprint density at radius 2 is 2.10 bits per heavy atom. The molecule has 0 aliphatic rings. The summed E-state index contributed by atoms with van der Waals surface area (Å²) in [5.41, 5.74) is 2.63. The highest BCUT2D eigenvalue weighted by Crippen LogP contribution is 2.27. The van der Waals surface area contributed by atoms with E-state index in [4.69, 9.17) is 4.74 Å². The SMILES string of the molecule is CCCNC(c1cncc(C)c1)c1ccc(OC)cc1F. The van der Waals surface area contributed by atoms with Crippen LogP contribution in [0.2, 0.25) is 0 Å². The van der Waals surface area contributed by atoms with Crippen molar-refractivity contribution in [3.63, 3.8) is 0 Å². The number of pyridine rings is 1. The summed E-state index contributed by atoms with van der Waals surface area (Å²) in [5.74, 6) is 0.248. The average molecular weight is 288 g/mol. The number of nitrogens with one attached hydrogen (secondary N) is 1. The number of methoxy groups -OCH3 is 1. The molecule has 0 saturated carbocycles. The van der Waals surface area contributed by atoms with Gasteiger partial charge in [0.15, 0.2) is 0 Å². The van der Waals surface area contributed by atoms with E-state index in [1.807, 2.05) is 13.0 Å². The molecule has 21 heavy (non-hydrogen) atoms. The molecule has 0 radical (unpaired) electrons. The molecule has 0 amide bonds. The Balaban J connectivity index is 2.40. The number of aryl methyl sites for hydroxylation is 1. The lowest BCUT2D eigenvalue weighted by atomic mass is 9.98. The Labute approximate surface area is 125 Å². The topological polar surface area (TPSA) is 34.2 Å². The highest BCUT2D eigenvalue weighted by Gasteiger charge is 2.18. The molecule has 4 heteroatoms. The van der Waals surface area contributed by atoms with Gasteiger partial charge in [-0.3, -0.25) is 4.98 Å². The molecule has 2 aromatic rings. The third-order valence-electron chi connectivity index (χ3n) is 3.35. The number of hydrogen-bond donors (Lipinski definition) is 1. The van der Waals surface area contributed by atoms with Crippen molar-refractivity contribution in [3.05, 3.63) is 59.2 Å². The number of hydrogen-bond acceptors (Lipinski definition) is 3. The molecule has 1 aromatic heterocycles. The minimum atomic E-state index is -0.274. The smallest absolute Gasteiger partial charge is 0.132 e. The number of benzene rings is 1. The number of ether oxygens (including phenoxy) is 1. The maximum absolute atomic E-state index is 14.4. The summed E-state index contributed by atoms with van der Waals surface area (Å²) in [6.45, 7) is 4.88. The van der Waals surface area contributed by atoms with Crippen LogP contribution in [0.3, 0.4) is 0 Å². The van der Waals surface area contributed by atoms with Gasteiger partial charge in [-0.05, 0) is 37.1 Å². The lowest BCUT2D eigenvalue weighted by Gasteiger charge is -2.20. The molecule has 0 saturated heterocycles. The van der Waals surface area contributed by atoms with Gasteiger partial charge in [-0.1, -0.05) is 19.1 Å². The van der Waals surface area contributed by atoms with E-state index >= 15 is 0 Å². The molecule has 3 nitrogen and oxygen atoms in total. The van der Waals surface area contributed by atoms with E-state index in [0.717, 1.165) is 24.1 Å². The van der Waals surface area contributed by atoms with E-state index in [-0.39, 0.29) is 11.9 Å². The summed E-state index contributed by atoms with van der Waals surface area (Å²) < 4.78 is 19.4. The summed E-state index contributed by atoms with van der Waals surface area (Å²) in [5, 5.41) is 3.39. The zero-order valence-electron chi connectivity index (χ0n) is 12.7. The first kappa shape index (κ1) is 15.4. The van der Waals surface area contributed by atoms with E-state index < -0.39 is 0 Å². The van der Waals surface area contributed by atoms with Gasteiger partial charge in [-0.25, -0.2) is 4.39 Å². The quantitative estimate of drug-likeness (QED) is 0.881. The Kier molecular flexibility index (Phi) is 5.28. The van der Waals surface area contributed by atoms with Gasteiger partial charge < -0.3 is 10.1 Å². The van der Waals surface area contributed by atoms with Gasteiger partial charge >= 0.3 is 0 Å². The van der Waals surface area contributed by atoms with Gasteiger partial charge in [0.05, 0.1) is 13.2 Å². The molecule has 1 aromatic carbocycles. The molecule has 112 valence electrons. The molecule has 0 bridgehead atoms. The predicted octanol–water partition coefficient (Wildman–Crippen LogP) is 3.63. The van der Waals surface area contributed by atoms with Crippen molar-refractivity contribution < 1.29 is 9.13 Å². The highest BCUT2D eigenvalue weighted by molar-refractivity contribution is 5.36. The Morgan fingerprint density at radius 1 is 1.29 bits per heavy atom. The van der Waals surface area contributed by atoms with E-state index in [2.05, 4.69) is 17.2 Å². The van der Waals surface area contributed by atoms with Crippen LogP contribution >= 0.6 is 0 Å². The van der Waals surface area contributed by atoms with Crippen molar-refractivity contribution in [1.82, 2.24) is 10.3 Å². The fraction of sp³-hybridized carbons (Fsp3) is 0.353. The predicted molar refractivity (Wildman–Crippen MR) is 82.1 cm³/mol. The Hall–Kier alpha value is -1.94. The Morgan fingerprint density at radius 3 is 2.71 bits per heavy atom. The van der Waals surface area contributed by atoms with Gasteiger partial charge in [0.1, 0.15) is 11.6 Å². The molecule has 0 aliphatic heterocycles. The number of nitrogens with zero attached hydrogens (tertiary/aromatic N) is 1. The van der Waals surface area contributed by atoms with Crippen molar-refractivity contribution in [2.45, 2.75) is 26.3 Å². The zero-order valence-corrected chi connectivity index (χ0v) is 12.7. The van der Waals surface area contributed by atoms with Gasteiger partial charge in [0.25, 0.3) is 0 Å². The Bertz CT molecular complexity index is 601. The van der Waals surface area contributed by atoms with Gasteiger partial charge in [-0.15, -0.1) is 0 Å². The fourth-order valence-electron chi connectivity index (χ4n) is 2.30. The van der Waals surface area contributed by atoms with Gasteiger partial charge in [0, 0.05) is 24.0 Å². The number of rotatable bonds is 6. The van der Waals surface area contributed by atoms with Crippen LogP contribution in [0, 0.1) is 12.7 Å². The average Bonchev–Trinajstić information content (AvgIpc) is 2.49. The molecule has 1 unspecified atom stereocenters. The summed E-state index contributed by atoms with van der Waals surface area (Å²) in [7, 11) is 1.53. The lowest BCUT2D eigenvalue weighted by molar-refractivity contribution is 0.410. The fourth-order valence-corrected chi connectivity index (χ4v) is 2.30. The third-order valence-corrected chi connectivity index (χ3v) is 3.35. The van der Waals surface area contributed by atoms with Crippen LogP contribution in [0.1, 0.15) is 36.1 Å². The monoisotopic (exact) mass is 288 g/mol. The molecule has 0 spiro atoms. The van der Waals surface area contributed by atoms with E-state index in [1.54, 1.807) is 24.5 Å². The second-order valence-electron chi connectivity index (χ2n) is 5.07. The molecular weight excluding hydrogens is 267 g/mol. The van der Waals surface area contributed by atoms with Crippen molar-refractivity contribution in [3.8, 4) is 5.75 Å². The molecule has 1 N–H and O–H groups in total. The number of halogens is 1. The molecule has 1 heterocycles. The summed E-state index contributed by atoms with van der Waals surface area (Å²) in [6, 6.07) is 6.79. The first-order valence-corrected chi connectivity index (χ1v) is 7.14. The maximum atomic E-state index is 14.4. The van der Waals surface area contributed by atoms with Crippen LogP contribution in [0.4, 0.5) is 4.39 Å². The molecule has 1 atom stereocenters. The van der Waals surface area contributed by atoms with Crippen LogP contribution in [0.15, 0.2) is 36.7 Å². The van der Waals surface area contributed by atoms with Crippen molar-refractivity contribution in [2.75, 3.05) is 13.7 Å².